The van der Waals surface area contributed by atoms with Crippen molar-refractivity contribution in [2.75, 3.05) is 6.61 Å². The number of carbonyl (C=O) groups is 2. The Labute approximate surface area is 191 Å². The molecule has 4 rings (SSSR count). The molecule has 0 saturated carbocycles. The van der Waals surface area contributed by atoms with E-state index in [0.29, 0.717) is 22.6 Å². The van der Waals surface area contributed by atoms with Crippen molar-refractivity contribution in [1.29, 1.82) is 0 Å². The van der Waals surface area contributed by atoms with Crippen LogP contribution in [0.3, 0.4) is 0 Å². The van der Waals surface area contributed by atoms with Gasteiger partial charge in [0.2, 0.25) is 0 Å². The number of rotatable bonds is 7. The van der Waals surface area contributed by atoms with Crippen LogP contribution in [-0.4, -0.2) is 24.7 Å². The summed E-state index contributed by atoms with van der Waals surface area (Å²) in [4.78, 5) is 24.7. The molecule has 0 bridgehead atoms. The first-order chi connectivity index (χ1) is 16.1. The van der Waals surface area contributed by atoms with E-state index in [0.717, 1.165) is 16.3 Å². The van der Waals surface area contributed by atoms with Gasteiger partial charge >= 0.3 is 5.97 Å². The normalized spacial score (nSPS) is 10.8. The van der Waals surface area contributed by atoms with Gasteiger partial charge in [0.05, 0.1) is 11.8 Å². The molecule has 0 radical (unpaired) electrons. The Morgan fingerprint density at radius 1 is 0.909 bits per heavy atom. The van der Waals surface area contributed by atoms with Crippen LogP contribution in [0, 0.1) is 6.92 Å². The van der Waals surface area contributed by atoms with Crippen molar-refractivity contribution in [3.05, 3.63) is 108 Å². The summed E-state index contributed by atoms with van der Waals surface area (Å²) in [6.07, 6.45) is 1.47. The SMILES string of the molecule is Cc1cccc(OCC(=O)N/N=C\c2c(OC(=O)c3ccccc3)ccc3ccccc23)c1. The molecule has 0 aliphatic rings. The summed E-state index contributed by atoms with van der Waals surface area (Å²) >= 11 is 0. The van der Waals surface area contributed by atoms with Crippen molar-refractivity contribution in [1.82, 2.24) is 5.43 Å². The molecule has 0 aliphatic heterocycles. The first kappa shape index (κ1) is 21.8. The maximum atomic E-state index is 12.6. The largest absolute Gasteiger partial charge is 0.484 e. The Bertz CT molecular complexity index is 1320. The highest BCUT2D eigenvalue weighted by Gasteiger charge is 2.13. The van der Waals surface area contributed by atoms with Crippen LogP contribution in [0.5, 0.6) is 11.5 Å². The second-order valence-corrected chi connectivity index (χ2v) is 7.35. The average Bonchev–Trinajstić information content (AvgIpc) is 2.84. The van der Waals surface area contributed by atoms with E-state index in [2.05, 4.69) is 10.5 Å². The Morgan fingerprint density at radius 3 is 2.52 bits per heavy atom. The van der Waals surface area contributed by atoms with Crippen LogP contribution in [0.25, 0.3) is 10.8 Å². The fraction of sp³-hybridized carbons (Fsp3) is 0.0741. The minimum Gasteiger partial charge on any atom is -0.484 e. The molecule has 0 saturated heterocycles. The van der Waals surface area contributed by atoms with E-state index in [1.165, 1.54) is 6.21 Å². The number of hydrogen-bond donors (Lipinski definition) is 1. The summed E-state index contributed by atoms with van der Waals surface area (Å²) in [7, 11) is 0. The highest BCUT2D eigenvalue weighted by Crippen LogP contribution is 2.27. The van der Waals surface area contributed by atoms with E-state index in [1.807, 2.05) is 61.5 Å². The van der Waals surface area contributed by atoms with Gasteiger partial charge in [-0.15, -0.1) is 0 Å². The topological polar surface area (TPSA) is 77.0 Å². The molecular weight excluding hydrogens is 416 g/mol. The van der Waals surface area contributed by atoms with E-state index >= 15 is 0 Å². The third-order valence-electron chi connectivity index (χ3n) is 4.89. The fourth-order valence-electron chi connectivity index (χ4n) is 3.29. The molecule has 0 fully saturated rings. The summed E-state index contributed by atoms with van der Waals surface area (Å²) in [6, 6.07) is 27.4. The lowest BCUT2D eigenvalue weighted by atomic mass is 10.0. The molecule has 6 nitrogen and oxygen atoms in total. The standard InChI is InChI=1S/C27H22N2O4/c1-19-8-7-12-22(16-19)32-18-26(30)29-28-17-24-23-13-6-5-9-20(23)14-15-25(24)33-27(31)21-10-3-2-4-11-21/h2-17H,18H2,1H3,(H,29,30)/b28-17-. The molecule has 0 spiro atoms. The highest BCUT2D eigenvalue weighted by molar-refractivity contribution is 6.04. The summed E-state index contributed by atoms with van der Waals surface area (Å²) < 4.78 is 11.1. The number of carbonyl (C=O) groups excluding carboxylic acids is 2. The molecule has 33 heavy (non-hydrogen) atoms. The zero-order valence-electron chi connectivity index (χ0n) is 18.0. The zero-order chi connectivity index (χ0) is 23.0. The van der Waals surface area contributed by atoms with E-state index < -0.39 is 11.9 Å². The maximum absolute atomic E-state index is 12.6. The van der Waals surface area contributed by atoms with E-state index in [9.17, 15) is 9.59 Å². The summed E-state index contributed by atoms with van der Waals surface area (Å²) in [5, 5.41) is 5.86. The number of nitrogens with zero attached hydrogens (tertiary/aromatic N) is 1. The van der Waals surface area contributed by atoms with Gasteiger partial charge in [-0.3, -0.25) is 4.79 Å². The lowest BCUT2D eigenvalue weighted by Crippen LogP contribution is -2.24. The number of hydrazone groups is 1. The highest BCUT2D eigenvalue weighted by atomic mass is 16.5. The van der Waals surface area contributed by atoms with Crippen LogP contribution in [-0.2, 0) is 4.79 Å². The van der Waals surface area contributed by atoms with Crippen LogP contribution in [0.1, 0.15) is 21.5 Å². The van der Waals surface area contributed by atoms with Crippen molar-refractivity contribution < 1.29 is 19.1 Å². The molecule has 6 heteroatoms. The van der Waals surface area contributed by atoms with Crippen LogP contribution in [0.4, 0.5) is 0 Å². The van der Waals surface area contributed by atoms with E-state index in [-0.39, 0.29) is 6.61 Å². The smallest absolute Gasteiger partial charge is 0.343 e. The van der Waals surface area contributed by atoms with Gasteiger partial charge < -0.3 is 9.47 Å². The second-order valence-electron chi connectivity index (χ2n) is 7.35. The van der Waals surface area contributed by atoms with Crippen LogP contribution < -0.4 is 14.9 Å². The number of fused-ring (bicyclic) bond motifs is 1. The van der Waals surface area contributed by atoms with Gasteiger partial charge in [-0.25, -0.2) is 10.2 Å². The van der Waals surface area contributed by atoms with Gasteiger partial charge in [0.15, 0.2) is 6.61 Å². The predicted molar refractivity (Wildman–Crippen MR) is 128 cm³/mol. The van der Waals surface area contributed by atoms with Crippen LogP contribution >= 0.6 is 0 Å². The molecule has 4 aromatic carbocycles. The molecule has 4 aromatic rings. The van der Waals surface area contributed by atoms with Gasteiger partial charge in [0.25, 0.3) is 5.91 Å². The molecular formula is C27H22N2O4. The Kier molecular flexibility index (Phi) is 6.75. The zero-order valence-corrected chi connectivity index (χ0v) is 18.0. The number of nitrogens with one attached hydrogen (secondary N) is 1. The quantitative estimate of drug-likeness (QED) is 0.193. The molecule has 1 amide bonds. The molecule has 164 valence electrons. The summed E-state index contributed by atoms with van der Waals surface area (Å²) in [5.74, 6) is 0.0711. The third kappa shape index (κ3) is 5.62. The van der Waals surface area contributed by atoms with Gasteiger partial charge in [-0.05, 0) is 53.6 Å². The first-order valence-corrected chi connectivity index (χ1v) is 10.4. The van der Waals surface area contributed by atoms with Gasteiger partial charge in [-0.2, -0.15) is 5.10 Å². The molecule has 0 aliphatic carbocycles. The van der Waals surface area contributed by atoms with Gasteiger partial charge in [-0.1, -0.05) is 60.7 Å². The minimum atomic E-state index is -0.476. The molecule has 0 unspecified atom stereocenters. The summed E-state index contributed by atoms with van der Waals surface area (Å²) in [6.45, 7) is 1.77. The maximum Gasteiger partial charge on any atom is 0.343 e. The number of benzene rings is 4. The monoisotopic (exact) mass is 438 g/mol. The van der Waals surface area contributed by atoms with Crippen LogP contribution in [0.15, 0.2) is 96.1 Å². The van der Waals surface area contributed by atoms with Crippen molar-refractivity contribution in [2.45, 2.75) is 6.92 Å². The van der Waals surface area contributed by atoms with E-state index in [1.54, 1.807) is 36.4 Å². The van der Waals surface area contributed by atoms with Gasteiger partial charge in [0, 0.05) is 5.56 Å². The lowest BCUT2D eigenvalue weighted by molar-refractivity contribution is -0.123. The average molecular weight is 438 g/mol. The number of amides is 1. The third-order valence-corrected chi connectivity index (χ3v) is 4.89. The van der Waals surface area contributed by atoms with Crippen LogP contribution in [0.2, 0.25) is 0 Å². The van der Waals surface area contributed by atoms with Crippen molar-refractivity contribution in [3.63, 3.8) is 0 Å². The lowest BCUT2D eigenvalue weighted by Gasteiger charge is -2.10. The summed E-state index contributed by atoms with van der Waals surface area (Å²) in [5.41, 5.74) is 4.52. The number of ether oxygens (including phenoxy) is 2. The Hall–Kier alpha value is -4.45. The molecule has 0 heterocycles. The van der Waals surface area contributed by atoms with Crippen molar-refractivity contribution in [2.24, 2.45) is 5.10 Å². The van der Waals surface area contributed by atoms with E-state index in [4.69, 9.17) is 9.47 Å². The molecule has 0 atom stereocenters. The second kappa shape index (κ2) is 10.2. The number of esters is 1. The van der Waals surface area contributed by atoms with Crippen molar-refractivity contribution >= 4 is 28.9 Å². The predicted octanol–water partition coefficient (Wildman–Crippen LogP) is 4.90. The van der Waals surface area contributed by atoms with Crippen molar-refractivity contribution in [3.8, 4) is 11.5 Å². The van der Waals surface area contributed by atoms with Gasteiger partial charge in [0.1, 0.15) is 11.5 Å². The number of hydrogen-bond acceptors (Lipinski definition) is 5. The first-order valence-electron chi connectivity index (χ1n) is 10.4. The Balaban J connectivity index is 1.50. The fourth-order valence-corrected chi connectivity index (χ4v) is 3.29. The Morgan fingerprint density at radius 2 is 1.70 bits per heavy atom. The number of aryl methyl sites for hydroxylation is 1. The minimum absolute atomic E-state index is 0.174. The molecule has 0 aromatic heterocycles. The molecule has 1 N–H and O–H groups in total.